The van der Waals surface area contributed by atoms with Crippen LogP contribution in [0.25, 0.3) is 22.0 Å². The molecule has 37 heavy (non-hydrogen) atoms. The maximum Gasteiger partial charge on any atom is 0.416 e. The van der Waals surface area contributed by atoms with Gasteiger partial charge in [0.2, 0.25) is 11.8 Å². The third-order valence-corrected chi connectivity index (χ3v) is 6.63. The summed E-state index contributed by atoms with van der Waals surface area (Å²) in [6, 6.07) is 9.28. The third kappa shape index (κ3) is 5.35. The summed E-state index contributed by atoms with van der Waals surface area (Å²) in [6.07, 6.45) is 2.73. The van der Waals surface area contributed by atoms with Crippen molar-refractivity contribution in [3.05, 3.63) is 59.9 Å². The highest BCUT2D eigenvalue weighted by molar-refractivity contribution is 6.01. The van der Waals surface area contributed by atoms with Gasteiger partial charge in [0.25, 0.3) is 0 Å². The largest absolute Gasteiger partial charge is 0.416 e. The number of halogens is 3. The molecule has 0 unspecified atom stereocenters. The van der Waals surface area contributed by atoms with E-state index < -0.39 is 17.6 Å². The molecule has 3 N–H and O–H groups in total. The molecule has 5 rings (SSSR count). The SMILES string of the molecule is Cc1ccc(NC(=O)Cn2cc(-c3ccc4c(NC(=O)C5CCCC5)n[nH]c4c3)cn2)cc1C(F)(F)F. The molecule has 0 radical (unpaired) electrons. The Balaban J connectivity index is 1.25. The monoisotopic (exact) mass is 510 g/mol. The van der Waals surface area contributed by atoms with Crippen molar-refractivity contribution in [3.63, 3.8) is 0 Å². The smallest absolute Gasteiger partial charge is 0.324 e. The summed E-state index contributed by atoms with van der Waals surface area (Å²) in [6.45, 7) is 1.20. The van der Waals surface area contributed by atoms with Gasteiger partial charge in [0.15, 0.2) is 5.82 Å². The standard InChI is InChI=1S/C26H25F3N6O2/c1-15-6-8-19(11-21(15)26(27,28)29)31-23(36)14-35-13-18(12-30-35)17-7-9-20-22(10-17)33-34-24(20)32-25(37)16-4-2-3-5-16/h6-13,16H,2-5,14H2,1H3,(H,31,36)(H2,32,33,34,37). The summed E-state index contributed by atoms with van der Waals surface area (Å²) in [5, 5.41) is 17.6. The number of aromatic nitrogens is 4. The molecular weight excluding hydrogens is 485 g/mol. The molecule has 0 bridgehead atoms. The predicted molar refractivity (Wildman–Crippen MR) is 133 cm³/mol. The van der Waals surface area contributed by atoms with Crippen molar-refractivity contribution in [2.24, 2.45) is 5.92 Å². The van der Waals surface area contributed by atoms with E-state index in [1.54, 1.807) is 12.4 Å². The van der Waals surface area contributed by atoms with Crippen molar-refractivity contribution in [3.8, 4) is 11.1 Å². The molecule has 8 nitrogen and oxygen atoms in total. The van der Waals surface area contributed by atoms with Gasteiger partial charge in [-0.3, -0.25) is 19.4 Å². The first-order valence-corrected chi connectivity index (χ1v) is 12.0. The number of amides is 2. The molecule has 1 fully saturated rings. The molecule has 0 saturated heterocycles. The number of fused-ring (bicyclic) bond motifs is 1. The van der Waals surface area contributed by atoms with Crippen LogP contribution in [-0.4, -0.2) is 31.8 Å². The summed E-state index contributed by atoms with van der Waals surface area (Å²) in [7, 11) is 0. The molecule has 1 aliphatic rings. The highest BCUT2D eigenvalue weighted by Crippen LogP contribution is 2.33. The lowest BCUT2D eigenvalue weighted by Gasteiger charge is -2.12. The quantitative estimate of drug-likeness (QED) is 0.318. The van der Waals surface area contributed by atoms with Crippen molar-refractivity contribution in [1.29, 1.82) is 0 Å². The van der Waals surface area contributed by atoms with Gasteiger partial charge in [0, 0.05) is 28.8 Å². The van der Waals surface area contributed by atoms with Gasteiger partial charge in [-0.1, -0.05) is 25.0 Å². The van der Waals surface area contributed by atoms with Gasteiger partial charge < -0.3 is 10.6 Å². The molecule has 0 atom stereocenters. The molecule has 0 aliphatic heterocycles. The number of hydrogen-bond acceptors (Lipinski definition) is 4. The number of aryl methyl sites for hydroxylation is 1. The second kappa shape index (κ2) is 9.72. The molecule has 1 saturated carbocycles. The fraction of sp³-hybridized carbons (Fsp3) is 0.308. The number of alkyl halides is 3. The summed E-state index contributed by atoms with van der Waals surface area (Å²) < 4.78 is 40.8. The fourth-order valence-corrected chi connectivity index (χ4v) is 4.65. The van der Waals surface area contributed by atoms with E-state index in [2.05, 4.69) is 25.9 Å². The Morgan fingerprint density at radius 3 is 2.62 bits per heavy atom. The van der Waals surface area contributed by atoms with Gasteiger partial charge in [-0.25, -0.2) is 0 Å². The zero-order valence-corrected chi connectivity index (χ0v) is 20.0. The van der Waals surface area contributed by atoms with Crippen LogP contribution in [0.4, 0.5) is 24.7 Å². The average Bonchev–Trinajstić information content (AvgIpc) is 3.61. The van der Waals surface area contributed by atoms with Gasteiger partial charge in [-0.2, -0.15) is 23.4 Å². The van der Waals surface area contributed by atoms with Crippen LogP contribution in [-0.2, 0) is 22.3 Å². The first kappa shape index (κ1) is 24.5. The molecule has 0 spiro atoms. The molecular formula is C26H25F3N6O2. The summed E-state index contributed by atoms with van der Waals surface area (Å²) in [5.41, 5.74) is 1.67. The van der Waals surface area contributed by atoms with Crippen molar-refractivity contribution in [2.45, 2.75) is 45.3 Å². The van der Waals surface area contributed by atoms with Gasteiger partial charge in [-0.15, -0.1) is 0 Å². The van der Waals surface area contributed by atoms with E-state index >= 15 is 0 Å². The molecule has 2 heterocycles. The van der Waals surface area contributed by atoms with Crippen LogP contribution in [0.15, 0.2) is 48.8 Å². The van der Waals surface area contributed by atoms with Crippen LogP contribution in [0, 0.1) is 12.8 Å². The number of benzene rings is 2. The summed E-state index contributed by atoms with van der Waals surface area (Å²) in [5.74, 6) is 0.0236. The summed E-state index contributed by atoms with van der Waals surface area (Å²) >= 11 is 0. The van der Waals surface area contributed by atoms with Gasteiger partial charge in [0.05, 0.1) is 17.3 Å². The average molecular weight is 511 g/mol. The van der Waals surface area contributed by atoms with E-state index in [0.717, 1.165) is 53.8 Å². The lowest BCUT2D eigenvalue weighted by atomic mass is 10.1. The van der Waals surface area contributed by atoms with Crippen molar-refractivity contribution >= 4 is 34.2 Å². The molecule has 2 amide bonds. The van der Waals surface area contributed by atoms with E-state index in [1.807, 2.05) is 18.2 Å². The van der Waals surface area contributed by atoms with Gasteiger partial charge in [0.1, 0.15) is 6.54 Å². The zero-order valence-electron chi connectivity index (χ0n) is 20.0. The first-order chi connectivity index (χ1) is 17.7. The number of carbonyl (C=O) groups is 2. The third-order valence-electron chi connectivity index (χ3n) is 6.63. The van der Waals surface area contributed by atoms with Crippen LogP contribution in [0.5, 0.6) is 0 Å². The Morgan fingerprint density at radius 1 is 1.08 bits per heavy atom. The molecule has 2 aromatic carbocycles. The second-order valence-corrected chi connectivity index (χ2v) is 9.31. The Morgan fingerprint density at radius 2 is 1.86 bits per heavy atom. The predicted octanol–water partition coefficient (Wildman–Crippen LogP) is 5.52. The Kier molecular flexibility index (Phi) is 6.45. The minimum absolute atomic E-state index is 0.00482. The van der Waals surface area contributed by atoms with Crippen LogP contribution < -0.4 is 10.6 Å². The normalized spacial score (nSPS) is 14.3. The number of hydrogen-bond donors (Lipinski definition) is 3. The van der Waals surface area contributed by atoms with E-state index in [9.17, 15) is 22.8 Å². The molecule has 11 heteroatoms. The molecule has 192 valence electrons. The number of aromatic amines is 1. The van der Waals surface area contributed by atoms with Crippen LogP contribution >= 0.6 is 0 Å². The van der Waals surface area contributed by atoms with Crippen molar-refractivity contribution < 1.29 is 22.8 Å². The molecule has 1 aliphatic carbocycles. The van der Waals surface area contributed by atoms with Crippen molar-refractivity contribution in [2.75, 3.05) is 10.6 Å². The number of H-pyrrole nitrogens is 1. The highest BCUT2D eigenvalue weighted by atomic mass is 19.4. The topological polar surface area (TPSA) is 105 Å². The number of anilines is 2. The van der Waals surface area contributed by atoms with Gasteiger partial charge in [-0.05, 0) is 55.2 Å². The second-order valence-electron chi connectivity index (χ2n) is 9.31. The number of nitrogens with zero attached hydrogens (tertiary/aromatic N) is 3. The Labute approximate surface area is 210 Å². The molecule has 2 aromatic heterocycles. The van der Waals surface area contributed by atoms with Crippen molar-refractivity contribution in [1.82, 2.24) is 20.0 Å². The molecule has 4 aromatic rings. The Bertz CT molecular complexity index is 1470. The van der Waals surface area contributed by atoms with Crippen LogP contribution in [0.2, 0.25) is 0 Å². The maximum absolute atomic E-state index is 13.1. The first-order valence-electron chi connectivity index (χ1n) is 12.0. The van der Waals surface area contributed by atoms with Gasteiger partial charge >= 0.3 is 6.18 Å². The minimum atomic E-state index is -4.50. The van der Waals surface area contributed by atoms with Crippen LogP contribution in [0.1, 0.15) is 36.8 Å². The Hall–Kier alpha value is -4.15. The number of nitrogens with one attached hydrogen (secondary N) is 3. The number of carbonyl (C=O) groups excluding carboxylic acids is 2. The maximum atomic E-state index is 13.1. The fourth-order valence-electron chi connectivity index (χ4n) is 4.65. The van der Waals surface area contributed by atoms with E-state index in [1.165, 1.54) is 23.7 Å². The van der Waals surface area contributed by atoms with Crippen LogP contribution in [0.3, 0.4) is 0 Å². The lowest BCUT2D eigenvalue weighted by Crippen LogP contribution is -2.20. The van der Waals surface area contributed by atoms with E-state index in [4.69, 9.17) is 0 Å². The minimum Gasteiger partial charge on any atom is -0.324 e. The van der Waals surface area contributed by atoms with E-state index in [0.29, 0.717) is 5.82 Å². The zero-order chi connectivity index (χ0) is 26.2. The number of rotatable bonds is 6. The lowest BCUT2D eigenvalue weighted by molar-refractivity contribution is -0.138. The van der Waals surface area contributed by atoms with E-state index in [-0.39, 0.29) is 29.6 Å². The highest BCUT2D eigenvalue weighted by Gasteiger charge is 2.32. The summed E-state index contributed by atoms with van der Waals surface area (Å²) in [4.78, 5) is 24.9.